The Morgan fingerprint density at radius 2 is 1.78 bits per heavy atom. The van der Waals surface area contributed by atoms with Crippen molar-refractivity contribution < 1.29 is 5.11 Å². The van der Waals surface area contributed by atoms with Gasteiger partial charge in [0.25, 0.3) is 0 Å². The van der Waals surface area contributed by atoms with Gasteiger partial charge in [-0.1, -0.05) is 42.2 Å². The van der Waals surface area contributed by atoms with Gasteiger partial charge in [0.05, 0.1) is 6.04 Å². The van der Waals surface area contributed by atoms with Crippen LogP contribution in [0.4, 0.5) is 0 Å². The zero-order valence-corrected chi connectivity index (χ0v) is 11.2. The van der Waals surface area contributed by atoms with Crippen molar-refractivity contribution in [1.29, 1.82) is 0 Å². The molecule has 0 aromatic heterocycles. The third-order valence-electron chi connectivity index (χ3n) is 3.14. The van der Waals surface area contributed by atoms with E-state index in [9.17, 15) is 5.11 Å². The summed E-state index contributed by atoms with van der Waals surface area (Å²) in [7, 11) is 0. The molecule has 1 atom stereocenters. The second-order valence-corrected chi connectivity index (χ2v) is 5.38. The van der Waals surface area contributed by atoms with E-state index in [1.165, 1.54) is 18.4 Å². The molecule has 2 heteroatoms. The van der Waals surface area contributed by atoms with Gasteiger partial charge in [0.2, 0.25) is 0 Å². The highest BCUT2D eigenvalue weighted by Crippen LogP contribution is 2.24. The van der Waals surface area contributed by atoms with E-state index < -0.39 is 5.60 Å². The Kier molecular flexibility index (Phi) is 4.06. The standard InChI is InChI=1S/C16H21NO/c1-16(2,18)11-10-15(17-12-6-7-13-17)14-8-4-3-5-9-14/h3-5,8-9,15,18H,6-7,12-13H2,1-2H3/t15-/m1/s1. The molecule has 0 radical (unpaired) electrons. The van der Waals surface area contributed by atoms with Crippen LogP contribution in [0.1, 0.15) is 38.3 Å². The molecule has 1 heterocycles. The summed E-state index contributed by atoms with van der Waals surface area (Å²) in [4.78, 5) is 2.40. The molecule has 96 valence electrons. The van der Waals surface area contributed by atoms with E-state index in [4.69, 9.17) is 0 Å². The van der Waals surface area contributed by atoms with Crippen LogP contribution in [0.5, 0.6) is 0 Å². The van der Waals surface area contributed by atoms with Gasteiger partial charge in [-0.3, -0.25) is 4.90 Å². The maximum Gasteiger partial charge on any atom is 0.120 e. The van der Waals surface area contributed by atoms with Crippen LogP contribution in [0.25, 0.3) is 0 Å². The summed E-state index contributed by atoms with van der Waals surface area (Å²) < 4.78 is 0. The second-order valence-electron chi connectivity index (χ2n) is 5.38. The number of hydrogen-bond donors (Lipinski definition) is 1. The van der Waals surface area contributed by atoms with E-state index in [-0.39, 0.29) is 6.04 Å². The monoisotopic (exact) mass is 243 g/mol. The average Bonchev–Trinajstić information content (AvgIpc) is 2.83. The summed E-state index contributed by atoms with van der Waals surface area (Å²) >= 11 is 0. The zero-order chi connectivity index (χ0) is 13.0. The van der Waals surface area contributed by atoms with Gasteiger partial charge in [0.15, 0.2) is 0 Å². The van der Waals surface area contributed by atoms with Crippen molar-refractivity contribution >= 4 is 0 Å². The second kappa shape index (κ2) is 5.56. The summed E-state index contributed by atoms with van der Waals surface area (Å²) in [6.07, 6.45) is 2.49. The number of hydrogen-bond acceptors (Lipinski definition) is 2. The number of rotatable bonds is 2. The molecule has 1 N–H and O–H groups in total. The Morgan fingerprint density at radius 1 is 1.17 bits per heavy atom. The first-order valence-corrected chi connectivity index (χ1v) is 6.60. The Morgan fingerprint density at radius 3 is 2.33 bits per heavy atom. The molecule has 1 fully saturated rings. The lowest BCUT2D eigenvalue weighted by Crippen LogP contribution is -2.25. The minimum Gasteiger partial charge on any atom is -0.378 e. The fraction of sp³-hybridized carbons (Fsp3) is 0.500. The SMILES string of the molecule is CC(C)(O)C#C[C@H](c1ccccc1)N1CCCC1. The molecule has 0 aliphatic carbocycles. The van der Waals surface area contributed by atoms with Crippen molar-refractivity contribution in [3.05, 3.63) is 35.9 Å². The first-order valence-electron chi connectivity index (χ1n) is 6.60. The Hall–Kier alpha value is -1.30. The molecule has 1 saturated heterocycles. The molecule has 0 amide bonds. The molecule has 0 bridgehead atoms. The van der Waals surface area contributed by atoms with Gasteiger partial charge in [0, 0.05) is 0 Å². The molecule has 1 aliphatic heterocycles. The highest BCUT2D eigenvalue weighted by Gasteiger charge is 2.22. The minimum absolute atomic E-state index is 0.111. The lowest BCUT2D eigenvalue weighted by Gasteiger charge is -2.23. The number of likely N-dealkylation sites (tertiary alicyclic amines) is 1. The molecule has 2 nitrogen and oxygen atoms in total. The lowest BCUT2D eigenvalue weighted by atomic mass is 10.0. The van der Waals surface area contributed by atoms with Gasteiger partial charge in [-0.2, -0.15) is 0 Å². The van der Waals surface area contributed by atoms with E-state index in [0.29, 0.717) is 0 Å². The fourth-order valence-corrected chi connectivity index (χ4v) is 2.27. The zero-order valence-electron chi connectivity index (χ0n) is 11.2. The van der Waals surface area contributed by atoms with Crippen LogP contribution in [0, 0.1) is 11.8 Å². The third kappa shape index (κ3) is 3.60. The van der Waals surface area contributed by atoms with Crippen molar-refractivity contribution in [3.63, 3.8) is 0 Å². The maximum absolute atomic E-state index is 9.76. The van der Waals surface area contributed by atoms with Crippen molar-refractivity contribution in [2.45, 2.75) is 38.3 Å². The first kappa shape index (κ1) is 13.1. The Labute approximate surface area is 110 Å². The summed E-state index contributed by atoms with van der Waals surface area (Å²) in [5.74, 6) is 6.21. The maximum atomic E-state index is 9.76. The molecular weight excluding hydrogens is 222 g/mol. The molecule has 0 unspecified atom stereocenters. The van der Waals surface area contributed by atoms with Crippen molar-refractivity contribution in [3.8, 4) is 11.8 Å². The summed E-state index contributed by atoms with van der Waals surface area (Å²) in [5.41, 5.74) is 0.295. The van der Waals surface area contributed by atoms with Crippen LogP contribution in [0.2, 0.25) is 0 Å². The molecule has 0 spiro atoms. The highest BCUT2D eigenvalue weighted by molar-refractivity contribution is 5.29. The smallest absolute Gasteiger partial charge is 0.120 e. The van der Waals surface area contributed by atoms with Crippen LogP contribution in [0.15, 0.2) is 30.3 Å². The Bertz CT molecular complexity index is 430. The van der Waals surface area contributed by atoms with E-state index in [1.807, 2.05) is 18.2 Å². The van der Waals surface area contributed by atoms with E-state index in [0.717, 1.165) is 13.1 Å². The molecule has 1 aliphatic rings. The van der Waals surface area contributed by atoms with Gasteiger partial charge in [0.1, 0.15) is 5.60 Å². The molecule has 18 heavy (non-hydrogen) atoms. The lowest BCUT2D eigenvalue weighted by molar-refractivity contribution is 0.143. The number of nitrogens with zero attached hydrogens (tertiary/aromatic N) is 1. The summed E-state index contributed by atoms with van der Waals surface area (Å²) in [5, 5.41) is 9.76. The first-order chi connectivity index (χ1) is 8.56. The molecule has 1 aromatic rings. The largest absolute Gasteiger partial charge is 0.378 e. The van der Waals surface area contributed by atoms with E-state index in [1.54, 1.807) is 13.8 Å². The van der Waals surface area contributed by atoms with Crippen molar-refractivity contribution in [1.82, 2.24) is 4.90 Å². The van der Waals surface area contributed by atoms with E-state index in [2.05, 4.69) is 28.9 Å². The van der Waals surface area contributed by atoms with Crippen LogP contribution in [-0.2, 0) is 0 Å². The van der Waals surface area contributed by atoms with Gasteiger partial charge >= 0.3 is 0 Å². The van der Waals surface area contributed by atoms with E-state index >= 15 is 0 Å². The molecule has 0 saturated carbocycles. The third-order valence-corrected chi connectivity index (χ3v) is 3.14. The predicted molar refractivity (Wildman–Crippen MR) is 74.1 cm³/mol. The van der Waals surface area contributed by atoms with Crippen LogP contribution in [0.3, 0.4) is 0 Å². The average molecular weight is 243 g/mol. The summed E-state index contributed by atoms with van der Waals surface area (Å²) in [6, 6.07) is 10.5. The Balaban J connectivity index is 2.25. The molecule has 1 aromatic carbocycles. The predicted octanol–water partition coefficient (Wildman–Crippen LogP) is 2.60. The van der Waals surface area contributed by atoms with Crippen LogP contribution < -0.4 is 0 Å². The fourth-order valence-electron chi connectivity index (χ4n) is 2.27. The normalized spacial score (nSPS) is 18.2. The van der Waals surface area contributed by atoms with Crippen molar-refractivity contribution in [2.24, 2.45) is 0 Å². The van der Waals surface area contributed by atoms with Gasteiger partial charge in [-0.05, 0) is 45.3 Å². The van der Waals surface area contributed by atoms with Crippen LogP contribution in [-0.4, -0.2) is 28.7 Å². The topological polar surface area (TPSA) is 23.5 Å². The van der Waals surface area contributed by atoms with Gasteiger partial charge in [-0.25, -0.2) is 0 Å². The molecule has 2 rings (SSSR count). The number of aliphatic hydroxyl groups is 1. The van der Waals surface area contributed by atoms with Crippen molar-refractivity contribution in [2.75, 3.05) is 13.1 Å². The van der Waals surface area contributed by atoms with Crippen LogP contribution >= 0.6 is 0 Å². The van der Waals surface area contributed by atoms with Gasteiger partial charge < -0.3 is 5.11 Å². The minimum atomic E-state index is -0.924. The quantitative estimate of drug-likeness (QED) is 0.807. The van der Waals surface area contributed by atoms with Gasteiger partial charge in [-0.15, -0.1) is 0 Å². The highest BCUT2D eigenvalue weighted by atomic mass is 16.3. The number of benzene rings is 1. The summed E-state index contributed by atoms with van der Waals surface area (Å²) in [6.45, 7) is 5.65. The molecular formula is C16H21NO.